The Hall–Kier alpha value is -3.12. The number of rotatable bonds is 6. The third-order valence-electron chi connectivity index (χ3n) is 5.16. The molecule has 2 amide bonds. The van der Waals surface area contributed by atoms with Gasteiger partial charge >= 0.3 is 0 Å². The van der Waals surface area contributed by atoms with Crippen molar-refractivity contribution in [3.05, 3.63) is 76.4 Å². The SMILES string of the molecule is CCN(CC(=O)Nc1cc(C(C)(C)C)nn1-c1ccccc1C)C(=O)c1cccc(Cl)c1. The number of halogens is 1. The lowest BCUT2D eigenvalue weighted by molar-refractivity contribution is -0.116. The van der Waals surface area contributed by atoms with Crippen LogP contribution in [0.3, 0.4) is 0 Å². The summed E-state index contributed by atoms with van der Waals surface area (Å²) in [5.74, 6) is 0.0332. The Morgan fingerprint density at radius 1 is 1.09 bits per heavy atom. The van der Waals surface area contributed by atoms with Crippen LogP contribution >= 0.6 is 11.6 Å². The fourth-order valence-corrected chi connectivity index (χ4v) is 3.50. The van der Waals surface area contributed by atoms with E-state index in [4.69, 9.17) is 16.7 Å². The first-order valence-corrected chi connectivity index (χ1v) is 11.0. The third kappa shape index (κ3) is 5.37. The Balaban J connectivity index is 1.85. The van der Waals surface area contributed by atoms with Gasteiger partial charge in [-0.15, -0.1) is 0 Å². The maximum atomic E-state index is 12.9. The van der Waals surface area contributed by atoms with E-state index >= 15 is 0 Å². The Kier molecular flexibility index (Phi) is 7.04. The highest BCUT2D eigenvalue weighted by Gasteiger charge is 2.23. The molecule has 6 nitrogen and oxygen atoms in total. The molecule has 1 aromatic heterocycles. The number of aromatic nitrogens is 2. The second kappa shape index (κ2) is 9.57. The summed E-state index contributed by atoms with van der Waals surface area (Å²) in [4.78, 5) is 27.3. The van der Waals surface area contributed by atoms with E-state index < -0.39 is 0 Å². The van der Waals surface area contributed by atoms with Gasteiger partial charge in [0.25, 0.3) is 5.91 Å². The average Bonchev–Trinajstić information content (AvgIpc) is 3.15. The van der Waals surface area contributed by atoms with E-state index in [0.717, 1.165) is 16.9 Å². The van der Waals surface area contributed by atoms with Crippen LogP contribution in [0.4, 0.5) is 5.82 Å². The molecule has 0 unspecified atom stereocenters. The highest BCUT2D eigenvalue weighted by atomic mass is 35.5. The number of carbonyl (C=O) groups is 2. The lowest BCUT2D eigenvalue weighted by Gasteiger charge is -2.20. The predicted molar refractivity (Wildman–Crippen MR) is 129 cm³/mol. The van der Waals surface area contributed by atoms with E-state index in [0.29, 0.717) is 22.9 Å². The van der Waals surface area contributed by atoms with Crippen LogP contribution in [0, 0.1) is 6.92 Å². The largest absolute Gasteiger partial charge is 0.330 e. The van der Waals surface area contributed by atoms with Crippen molar-refractivity contribution in [1.29, 1.82) is 0 Å². The molecular weight excluding hydrogens is 424 g/mol. The van der Waals surface area contributed by atoms with Crippen LogP contribution in [-0.2, 0) is 10.2 Å². The Labute approximate surface area is 194 Å². The van der Waals surface area contributed by atoms with Gasteiger partial charge in [-0.05, 0) is 43.7 Å². The zero-order valence-corrected chi connectivity index (χ0v) is 19.9. The number of aryl methyl sites for hydroxylation is 1. The van der Waals surface area contributed by atoms with E-state index in [9.17, 15) is 9.59 Å². The summed E-state index contributed by atoms with van der Waals surface area (Å²) in [5.41, 5.74) is 3.05. The fraction of sp³-hybridized carbons (Fsp3) is 0.320. The number of hydrogen-bond acceptors (Lipinski definition) is 3. The summed E-state index contributed by atoms with van der Waals surface area (Å²) in [6.45, 7) is 10.4. The van der Waals surface area contributed by atoms with E-state index in [1.807, 2.05) is 44.2 Å². The number of para-hydroxylation sites is 1. The second-order valence-corrected chi connectivity index (χ2v) is 9.18. The third-order valence-corrected chi connectivity index (χ3v) is 5.40. The monoisotopic (exact) mass is 452 g/mol. The molecule has 0 aliphatic carbocycles. The van der Waals surface area contributed by atoms with Gasteiger partial charge in [-0.25, -0.2) is 4.68 Å². The normalized spacial score (nSPS) is 11.3. The van der Waals surface area contributed by atoms with Gasteiger partial charge in [-0.1, -0.05) is 56.6 Å². The number of nitrogens with one attached hydrogen (secondary N) is 1. The van der Waals surface area contributed by atoms with Gasteiger partial charge < -0.3 is 10.2 Å². The van der Waals surface area contributed by atoms with Gasteiger partial charge in [0.15, 0.2) is 0 Å². The maximum Gasteiger partial charge on any atom is 0.254 e. The molecule has 0 atom stereocenters. The maximum absolute atomic E-state index is 12.9. The molecule has 0 radical (unpaired) electrons. The first-order chi connectivity index (χ1) is 15.1. The first-order valence-electron chi connectivity index (χ1n) is 10.6. The molecule has 1 N–H and O–H groups in total. The van der Waals surface area contributed by atoms with Crippen LogP contribution in [0.2, 0.25) is 5.02 Å². The van der Waals surface area contributed by atoms with Crippen molar-refractivity contribution in [2.24, 2.45) is 0 Å². The lowest BCUT2D eigenvalue weighted by Crippen LogP contribution is -2.38. The summed E-state index contributed by atoms with van der Waals surface area (Å²) >= 11 is 6.02. The number of benzene rings is 2. The Bertz CT molecular complexity index is 1130. The number of amides is 2. The fourth-order valence-electron chi connectivity index (χ4n) is 3.31. The molecule has 3 rings (SSSR count). The van der Waals surface area contributed by atoms with Gasteiger partial charge in [-0.3, -0.25) is 9.59 Å². The molecule has 2 aromatic carbocycles. The Morgan fingerprint density at radius 2 is 1.81 bits per heavy atom. The van der Waals surface area contributed by atoms with Crippen LogP contribution < -0.4 is 5.32 Å². The second-order valence-electron chi connectivity index (χ2n) is 8.74. The van der Waals surface area contributed by atoms with E-state index in [-0.39, 0.29) is 23.8 Å². The summed E-state index contributed by atoms with van der Waals surface area (Å²) in [7, 11) is 0. The van der Waals surface area contributed by atoms with Crippen LogP contribution in [-0.4, -0.2) is 39.6 Å². The van der Waals surface area contributed by atoms with E-state index in [2.05, 4.69) is 26.1 Å². The predicted octanol–water partition coefficient (Wildman–Crippen LogP) is 5.23. The van der Waals surface area contributed by atoms with Gasteiger partial charge in [0.1, 0.15) is 12.4 Å². The van der Waals surface area contributed by atoms with Crippen LogP contribution in [0.25, 0.3) is 5.69 Å². The molecule has 0 saturated carbocycles. The van der Waals surface area contributed by atoms with Crippen molar-refractivity contribution in [3.63, 3.8) is 0 Å². The molecule has 3 aromatic rings. The minimum Gasteiger partial charge on any atom is -0.330 e. The van der Waals surface area contributed by atoms with Gasteiger partial charge in [0.05, 0.1) is 11.4 Å². The standard InChI is InChI=1S/C25H29ClN4O2/c1-6-29(24(32)18-11-9-12-19(26)14-18)16-23(31)27-22-15-21(25(3,4)5)28-30(22)20-13-8-7-10-17(20)2/h7-15H,6,16H2,1-5H3,(H,27,31). The van der Waals surface area contributed by atoms with Crippen molar-refractivity contribution in [2.75, 3.05) is 18.4 Å². The summed E-state index contributed by atoms with van der Waals surface area (Å²) in [5, 5.41) is 8.20. The highest BCUT2D eigenvalue weighted by molar-refractivity contribution is 6.31. The lowest BCUT2D eigenvalue weighted by atomic mass is 9.92. The number of hydrogen-bond donors (Lipinski definition) is 1. The van der Waals surface area contributed by atoms with Gasteiger partial charge in [0.2, 0.25) is 5.91 Å². The van der Waals surface area contributed by atoms with Gasteiger partial charge in [0, 0.05) is 28.6 Å². The number of likely N-dealkylation sites (N-methyl/N-ethyl adjacent to an activating group) is 1. The topological polar surface area (TPSA) is 67.2 Å². The zero-order chi connectivity index (χ0) is 23.5. The molecule has 7 heteroatoms. The van der Waals surface area contributed by atoms with E-state index in [1.54, 1.807) is 28.9 Å². The Morgan fingerprint density at radius 3 is 2.44 bits per heavy atom. The highest BCUT2D eigenvalue weighted by Crippen LogP contribution is 2.27. The van der Waals surface area contributed by atoms with Crippen LogP contribution in [0.15, 0.2) is 54.6 Å². The van der Waals surface area contributed by atoms with Crippen LogP contribution in [0.5, 0.6) is 0 Å². The molecule has 168 valence electrons. The van der Waals surface area contributed by atoms with Crippen molar-refractivity contribution < 1.29 is 9.59 Å². The van der Waals surface area contributed by atoms with Crippen molar-refractivity contribution in [2.45, 2.75) is 40.0 Å². The molecule has 0 aliphatic heterocycles. The van der Waals surface area contributed by atoms with Crippen molar-refractivity contribution in [1.82, 2.24) is 14.7 Å². The average molecular weight is 453 g/mol. The van der Waals surface area contributed by atoms with Gasteiger partial charge in [-0.2, -0.15) is 5.10 Å². The molecular formula is C25H29ClN4O2. The summed E-state index contributed by atoms with van der Waals surface area (Å²) in [6.07, 6.45) is 0. The van der Waals surface area contributed by atoms with Crippen molar-refractivity contribution >= 4 is 29.2 Å². The number of anilines is 1. The molecule has 0 aliphatic rings. The molecule has 0 bridgehead atoms. The zero-order valence-electron chi connectivity index (χ0n) is 19.1. The van der Waals surface area contributed by atoms with E-state index in [1.165, 1.54) is 4.90 Å². The van der Waals surface area contributed by atoms with Crippen molar-refractivity contribution in [3.8, 4) is 5.69 Å². The molecule has 32 heavy (non-hydrogen) atoms. The molecule has 1 heterocycles. The summed E-state index contributed by atoms with van der Waals surface area (Å²) in [6, 6.07) is 16.5. The smallest absolute Gasteiger partial charge is 0.254 e. The minimum atomic E-state index is -0.294. The molecule has 0 saturated heterocycles. The number of carbonyl (C=O) groups excluding carboxylic acids is 2. The minimum absolute atomic E-state index is 0.0777. The molecule has 0 spiro atoms. The first kappa shape index (κ1) is 23.5. The quantitative estimate of drug-likeness (QED) is 0.556. The number of nitrogens with zero attached hydrogens (tertiary/aromatic N) is 3. The van der Waals surface area contributed by atoms with Crippen LogP contribution in [0.1, 0.15) is 49.3 Å². The summed E-state index contributed by atoms with van der Waals surface area (Å²) < 4.78 is 1.75. The molecule has 0 fully saturated rings.